The van der Waals surface area contributed by atoms with Crippen molar-refractivity contribution >= 4 is 40.1 Å². The summed E-state index contributed by atoms with van der Waals surface area (Å²) in [6.07, 6.45) is 8.53. The Labute approximate surface area is 184 Å². The second-order valence-electron chi connectivity index (χ2n) is 7.13. The molecule has 0 amide bonds. The number of aryl methyl sites for hydroxylation is 1. The van der Waals surface area contributed by atoms with E-state index in [0.29, 0.717) is 16.2 Å². The molecule has 0 radical (unpaired) electrons. The predicted molar refractivity (Wildman–Crippen MR) is 121 cm³/mol. The summed E-state index contributed by atoms with van der Waals surface area (Å²) in [5, 5.41) is 24.8. The Kier molecular flexibility index (Phi) is 5.61. The second kappa shape index (κ2) is 8.50. The number of rotatable bonds is 6. The molecule has 6 nitrogen and oxygen atoms in total. The summed E-state index contributed by atoms with van der Waals surface area (Å²) in [6, 6.07) is 14.1. The third-order valence-corrected chi connectivity index (χ3v) is 5.25. The van der Waals surface area contributed by atoms with Crippen molar-refractivity contribution in [1.29, 1.82) is 5.26 Å². The van der Waals surface area contributed by atoms with Gasteiger partial charge in [-0.05, 0) is 42.3 Å². The van der Waals surface area contributed by atoms with Crippen molar-refractivity contribution in [3.05, 3.63) is 82.8 Å². The van der Waals surface area contributed by atoms with E-state index in [4.69, 9.17) is 16.7 Å². The molecule has 2 aromatic heterocycles. The maximum atomic E-state index is 11.1. The van der Waals surface area contributed by atoms with Crippen molar-refractivity contribution in [2.45, 2.75) is 19.9 Å². The van der Waals surface area contributed by atoms with Crippen LogP contribution >= 0.6 is 11.6 Å². The Morgan fingerprint density at radius 2 is 1.94 bits per heavy atom. The molecule has 2 heterocycles. The first-order valence-corrected chi connectivity index (χ1v) is 10.2. The van der Waals surface area contributed by atoms with Gasteiger partial charge >= 0.3 is 5.97 Å². The Morgan fingerprint density at radius 1 is 1.19 bits per heavy atom. The molecule has 0 fully saturated rings. The van der Waals surface area contributed by atoms with Crippen molar-refractivity contribution in [1.82, 2.24) is 14.3 Å². The molecule has 2 aromatic carbocycles. The lowest BCUT2D eigenvalue weighted by Crippen LogP contribution is -1.96. The van der Waals surface area contributed by atoms with Crippen LogP contribution in [0.5, 0.6) is 0 Å². The third-order valence-electron chi connectivity index (χ3n) is 5.01. The van der Waals surface area contributed by atoms with E-state index < -0.39 is 5.97 Å². The van der Waals surface area contributed by atoms with Gasteiger partial charge in [0, 0.05) is 34.9 Å². The summed E-state index contributed by atoms with van der Waals surface area (Å²) >= 11 is 6.26. The lowest BCUT2D eigenvalue weighted by molar-refractivity contribution is 0.0697. The Bertz CT molecular complexity index is 1340. The van der Waals surface area contributed by atoms with Crippen LogP contribution in [0.4, 0.5) is 0 Å². The van der Waals surface area contributed by atoms with Crippen molar-refractivity contribution < 1.29 is 9.90 Å². The van der Waals surface area contributed by atoms with Crippen LogP contribution in [0.25, 0.3) is 28.2 Å². The van der Waals surface area contributed by atoms with Crippen molar-refractivity contribution in [2.75, 3.05) is 0 Å². The van der Waals surface area contributed by atoms with Gasteiger partial charge in [-0.25, -0.2) is 4.79 Å². The summed E-state index contributed by atoms with van der Waals surface area (Å²) in [7, 11) is 0. The zero-order valence-corrected chi connectivity index (χ0v) is 17.5. The van der Waals surface area contributed by atoms with Crippen LogP contribution in [0, 0.1) is 11.3 Å². The summed E-state index contributed by atoms with van der Waals surface area (Å²) in [6.45, 7) is 2.93. The molecule has 0 atom stereocenters. The number of carboxylic acid groups (broad SMARTS) is 1. The number of allylic oxidation sites excluding steroid dienone is 1. The first-order chi connectivity index (χ1) is 15.0. The minimum absolute atomic E-state index is 0.177. The smallest absolute Gasteiger partial charge is 0.335 e. The van der Waals surface area contributed by atoms with Crippen LogP contribution in [-0.4, -0.2) is 25.4 Å². The standard InChI is InChI=1S/C24H19ClN4O2/c1-2-9-28-15-21(13-27-28)29-14-19(22-8-7-20(25)11-23(22)29)10-18(12-26)16-3-5-17(6-4-16)24(30)31/h3-8,10-11,13-15H,2,9H2,1H3,(H,30,31). The van der Waals surface area contributed by atoms with Gasteiger partial charge in [-0.3, -0.25) is 4.68 Å². The molecular weight excluding hydrogens is 412 g/mol. The number of halogens is 1. The van der Waals surface area contributed by atoms with Gasteiger partial charge < -0.3 is 9.67 Å². The van der Waals surface area contributed by atoms with Crippen molar-refractivity contribution in [3.63, 3.8) is 0 Å². The monoisotopic (exact) mass is 430 g/mol. The highest BCUT2D eigenvalue weighted by atomic mass is 35.5. The lowest BCUT2D eigenvalue weighted by atomic mass is 10.0. The van der Waals surface area contributed by atoms with Crippen molar-refractivity contribution in [2.24, 2.45) is 0 Å². The quantitative estimate of drug-likeness (QED) is 0.400. The van der Waals surface area contributed by atoms with Gasteiger partial charge in [0.25, 0.3) is 0 Å². The largest absolute Gasteiger partial charge is 0.478 e. The highest BCUT2D eigenvalue weighted by molar-refractivity contribution is 6.31. The zero-order valence-electron chi connectivity index (χ0n) is 16.8. The number of hydrogen-bond donors (Lipinski definition) is 1. The SMILES string of the molecule is CCCn1cc(-n2cc(C=C(C#N)c3ccc(C(=O)O)cc3)c3ccc(Cl)cc32)cn1. The molecule has 0 spiro atoms. The molecule has 0 aliphatic carbocycles. The number of aromatic carboxylic acids is 1. The van der Waals surface area contributed by atoms with Gasteiger partial charge in [-0.15, -0.1) is 0 Å². The topological polar surface area (TPSA) is 83.8 Å². The van der Waals surface area contributed by atoms with Gasteiger partial charge in [-0.1, -0.05) is 36.7 Å². The molecular formula is C24H19ClN4O2. The minimum Gasteiger partial charge on any atom is -0.478 e. The van der Waals surface area contributed by atoms with E-state index >= 15 is 0 Å². The van der Waals surface area contributed by atoms with E-state index in [2.05, 4.69) is 18.1 Å². The van der Waals surface area contributed by atoms with Crippen LogP contribution < -0.4 is 0 Å². The van der Waals surface area contributed by atoms with E-state index in [1.165, 1.54) is 12.1 Å². The van der Waals surface area contributed by atoms with E-state index in [-0.39, 0.29) is 5.56 Å². The van der Waals surface area contributed by atoms with Gasteiger partial charge in [0.05, 0.1) is 34.6 Å². The molecule has 4 aromatic rings. The maximum absolute atomic E-state index is 11.1. The first-order valence-electron chi connectivity index (χ1n) is 9.79. The van der Waals surface area contributed by atoms with E-state index in [9.17, 15) is 10.1 Å². The van der Waals surface area contributed by atoms with Gasteiger partial charge in [-0.2, -0.15) is 10.4 Å². The summed E-state index contributed by atoms with van der Waals surface area (Å²) in [5.74, 6) is -1.00. The molecule has 0 aliphatic heterocycles. The normalized spacial score (nSPS) is 11.6. The van der Waals surface area contributed by atoms with E-state index in [1.54, 1.807) is 24.4 Å². The summed E-state index contributed by atoms with van der Waals surface area (Å²) in [4.78, 5) is 11.1. The summed E-state index contributed by atoms with van der Waals surface area (Å²) < 4.78 is 3.90. The zero-order chi connectivity index (χ0) is 22.0. The Balaban J connectivity index is 1.83. The number of hydrogen-bond acceptors (Lipinski definition) is 3. The number of nitriles is 1. The van der Waals surface area contributed by atoms with E-state index in [0.717, 1.165) is 35.1 Å². The van der Waals surface area contributed by atoms with Crippen LogP contribution in [-0.2, 0) is 6.54 Å². The average molecular weight is 431 g/mol. The number of aromatic nitrogens is 3. The number of nitrogens with zero attached hydrogens (tertiary/aromatic N) is 4. The first kappa shape index (κ1) is 20.5. The highest BCUT2D eigenvalue weighted by Crippen LogP contribution is 2.30. The molecule has 7 heteroatoms. The fourth-order valence-electron chi connectivity index (χ4n) is 3.51. The van der Waals surface area contributed by atoms with Crippen LogP contribution in [0.1, 0.15) is 34.8 Å². The van der Waals surface area contributed by atoms with Crippen molar-refractivity contribution in [3.8, 4) is 11.8 Å². The molecule has 0 bridgehead atoms. The maximum Gasteiger partial charge on any atom is 0.335 e. The van der Waals surface area contributed by atoms with E-state index in [1.807, 2.05) is 39.8 Å². The van der Waals surface area contributed by atoms with Crippen LogP contribution in [0.3, 0.4) is 0 Å². The third kappa shape index (κ3) is 4.09. The summed E-state index contributed by atoms with van der Waals surface area (Å²) in [5.41, 5.74) is 3.94. The average Bonchev–Trinajstić information content (AvgIpc) is 3.36. The molecule has 0 aliphatic rings. The fraction of sp³-hybridized carbons (Fsp3) is 0.125. The number of benzene rings is 2. The van der Waals surface area contributed by atoms with Gasteiger partial charge in [0.15, 0.2) is 0 Å². The predicted octanol–water partition coefficient (Wildman–Crippen LogP) is 5.65. The molecule has 4 rings (SSSR count). The van der Waals surface area contributed by atoms with Gasteiger partial charge in [0.2, 0.25) is 0 Å². The number of carbonyl (C=O) groups is 1. The number of fused-ring (bicyclic) bond motifs is 1. The molecule has 0 saturated heterocycles. The van der Waals surface area contributed by atoms with Gasteiger partial charge in [0.1, 0.15) is 0 Å². The molecule has 1 N–H and O–H groups in total. The Morgan fingerprint density at radius 3 is 2.61 bits per heavy atom. The molecule has 0 saturated carbocycles. The number of carboxylic acids is 1. The second-order valence-corrected chi connectivity index (χ2v) is 7.57. The Hall–Kier alpha value is -3.82. The fourth-order valence-corrected chi connectivity index (χ4v) is 3.68. The molecule has 0 unspecified atom stereocenters. The minimum atomic E-state index is -1.00. The van der Waals surface area contributed by atoms with Crippen LogP contribution in [0.15, 0.2) is 61.1 Å². The molecule has 154 valence electrons. The van der Waals surface area contributed by atoms with Crippen LogP contribution in [0.2, 0.25) is 5.02 Å². The highest BCUT2D eigenvalue weighted by Gasteiger charge is 2.13. The lowest BCUT2D eigenvalue weighted by Gasteiger charge is -2.02. The molecule has 31 heavy (non-hydrogen) atoms.